The fraction of sp³-hybridized carbons (Fsp3) is 0.864. The van der Waals surface area contributed by atoms with E-state index >= 15 is 0 Å². The molecule has 0 bridgehead atoms. The summed E-state index contributed by atoms with van der Waals surface area (Å²) in [6.07, 6.45) is -1.83. The van der Waals surface area contributed by atoms with Gasteiger partial charge in [0.05, 0.1) is 0 Å². The molecule has 0 unspecified atom stereocenters. The standard InChI is InChI=1S/C22H37BrO9/c1-17(2,3)29-14(24)13-22(32-20(10,11)28-13,16(26)31-19(7,8)9)21(27,12-23)15(25)30-18(4,5)6/h13,27H,12H2,1-11H3/t13-,21-,22+/m0/s1. The van der Waals surface area contributed by atoms with Crippen LogP contribution in [0.2, 0.25) is 0 Å². The molecule has 0 spiro atoms. The van der Waals surface area contributed by atoms with Crippen molar-refractivity contribution in [3.8, 4) is 0 Å². The minimum atomic E-state index is -2.71. The van der Waals surface area contributed by atoms with Crippen molar-refractivity contribution in [2.45, 2.75) is 116 Å². The average Bonchev–Trinajstić information content (AvgIpc) is 2.82. The van der Waals surface area contributed by atoms with Gasteiger partial charge < -0.3 is 28.8 Å². The van der Waals surface area contributed by atoms with E-state index in [2.05, 4.69) is 15.9 Å². The molecular weight excluding hydrogens is 488 g/mol. The third kappa shape index (κ3) is 6.42. The molecule has 9 nitrogen and oxygen atoms in total. The van der Waals surface area contributed by atoms with Gasteiger partial charge >= 0.3 is 17.9 Å². The van der Waals surface area contributed by atoms with Crippen LogP contribution >= 0.6 is 15.9 Å². The quantitative estimate of drug-likeness (QED) is 0.328. The van der Waals surface area contributed by atoms with Crippen LogP contribution in [0.25, 0.3) is 0 Å². The molecule has 10 heteroatoms. The molecular formula is C22H37BrO9. The summed E-state index contributed by atoms with van der Waals surface area (Å²) in [6, 6.07) is 0. The first-order valence-corrected chi connectivity index (χ1v) is 11.5. The number of esters is 3. The summed E-state index contributed by atoms with van der Waals surface area (Å²) in [7, 11) is 0. The monoisotopic (exact) mass is 524 g/mol. The fourth-order valence-corrected chi connectivity index (χ4v) is 3.69. The van der Waals surface area contributed by atoms with Gasteiger partial charge in [-0.05, 0) is 76.2 Å². The predicted octanol–water partition coefficient (Wildman–Crippen LogP) is 3.03. The number of carbonyl (C=O) groups is 3. The van der Waals surface area contributed by atoms with Crippen molar-refractivity contribution in [3.63, 3.8) is 0 Å². The lowest BCUT2D eigenvalue weighted by molar-refractivity contribution is -0.240. The van der Waals surface area contributed by atoms with Gasteiger partial charge in [-0.15, -0.1) is 0 Å². The summed E-state index contributed by atoms with van der Waals surface area (Å²) in [6.45, 7) is 17.4. The number of carbonyl (C=O) groups excluding carboxylic acids is 3. The Kier molecular flexibility index (Phi) is 7.96. The van der Waals surface area contributed by atoms with Crippen LogP contribution in [0.3, 0.4) is 0 Å². The molecule has 0 radical (unpaired) electrons. The Bertz CT molecular complexity index is 742. The van der Waals surface area contributed by atoms with Gasteiger partial charge in [0.15, 0.2) is 5.79 Å². The lowest BCUT2D eigenvalue weighted by Gasteiger charge is -2.43. The highest BCUT2D eigenvalue weighted by Gasteiger charge is 2.76. The Hall–Kier alpha value is -1.23. The van der Waals surface area contributed by atoms with E-state index in [1.165, 1.54) is 13.8 Å². The maximum absolute atomic E-state index is 13.6. The normalized spacial score (nSPS) is 25.6. The molecule has 186 valence electrons. The molecule has 1 rings (SSSR count). The molecule has 1 heterocycles. The maximum Gasteiger partial charge on any atom is 0.346 e. The highest BCUT2D eigenvalue weighted by atomic mass is 79.9. The lowest BCUT2D eigenvalue weighted by atomic mass is 9.78. The van der Waals surface area contributed by atoms with Crippen LogP contribution in [0.5, 0.6) is 0 Å². The molecule has 1 fully saturated rings. The predicted molar refractivity (Wildman–Crippen MR) is 119 cm³/mol. The first-order valence-electron chi connectivity index (χ1n) is 10.4. The number of alkyl halides is 1. The molecule has 0 amide bonds. The summed E-state index contributed by atoms with van der Waals surface area (Å²) < 4.78 is 28.0. The molecule has 0 aromatic carbocycles. The zero-order chi connectivity index (χ0) is 25.6. The SMILES string of the molecule is CC(C)(C)OC(=O)[C@@H]1OC(C)(C)O[C@]1(C(=O)OC(C)(C)C)[C@](O)(CBr)C(=O)OC(C)(C)C. The summed E-state index contributed by atoms with van der Waals surface area (Å²) in [5.74, 6) is -4.92. The highest BCUT2D eigenvalue weighted by molar-refractivity contribution is 9.09. The van der Waals surface area contributed by atoms with Gasteiger partial charge in [-0.3, -0.25) is 0 Å². The number of hydrogen-bond donors (Lipinski definition) is 1. The van der Waals surface area contributed by atoms with Crippen molar-refractivity contribution < 1.29 is 43.2 Å². The van der Waals surface area contributed by atoms with E-state index in [0.717, 1.165) is 0 Å². The Labute approximate surface area is 198 Å². The topological polar surface area (TPSA) is 118 Å². The van der Waals surface area contributed by atoms with Crippen molar-refractivity contribution in [3.05, 3.63) is 0 Å². The summed E-state index contributed by atoms with van der Waals surface area (Å²) in [4.78, 5) is 40.0. The van der Waals surface area contributed by atoms with Gasteiger partial charge in [0, 0.05) is 5.33 Å². The number of aliphatic hydroxyl groups is 1. The Morgan fingerprint density at radius 1 is 0.875 bits per heavy atom. The average molecular weight is 525 g/mol. The molecule has 32 heavy (non-hydrogen) atoms. The minimum Gasteiger partial charge on any atom is -0.458 e. The fourth-order valence-electron chi connectivity index (χ4n) is 3.04. The zero-order valence-corrected chi connectivity index (χ0v) is 22.5. The van der Waals surface area contributed by atoms with Crippen LogP contribution in [-0.2, 0) is 38.1 Å². The molecule has 0 aliphatic carbocycles. The molecule has 0 saturated carbocycles. The minimum absolute atomic E-state index is 0.521. The second kappa shape index (κ2) is 8.85. The van der Waals surface area contributed by atoms with E-state index in [9.17, 15) is 19.5 Å². The first-order chi connectivity index (χ1) is 14.0. The summed E-state index contributed by atoms with van der Waals surface area (Å²) >= 11 is 3.10. The van der Waals surface area contributed by atoms with E-state index in [-0.39, 0.29) is 0 Å². The highest BCUT2D eigenvalue weighted by Crippen LogP contribution is 2.47. The Morgan fingerprint density at radius 3 is 1.69 bits per heavy atom. The van der Waals surface area contributed by atoms with Crippen LogP contribution in [-0.4, -0.2) is 68.2 Å². The maximum atomic E-state index is 13.6. The molecule has 0 aromatic rings. The summed E-state index contributed by atoms with van der Waals surface area (Å²) in [5, 5.41) is 11.2. The second-order valence-electron chi connectivity index (χ2n) is 11.3. The zero-order valence-electron chi connectivity index (χ0n) is 20.9. The number of ether oxygens (including phenoxy) is 5. The van der Waals surface area contributed by atoms with Crippen LogP contribution in [0.4, 0.5) is 0 Å². The Balaban J connectivity index is 3.82. The Morgan fingerprint density at radius 2 is 1.31 bits per heavy atom. The van der Waals surface area contributed by atoms with Gasteiger partial charge in [0.2, 0.25) is 17.3 Å². The number of hydrogen-bond acceptors (Lipinski definition) is 9. The third-order valence-corrected chi connectivity index (χ3v) is 4.86. The van der Waals surface area contributed by atoms with Crippen molar-refractivity contribution in [1.29, 1.82) is 0 Å². The smallest absolute Gasteiger partial charge is 0.346 e. The van der Waals surface area contributed by atoms with E-state index in [1.54, 1.807) is 62.3 Å². The van der Waals surface area contributed by atoms with Gasteiger partial charge in [0.25, 0.3) is 0 Å². The lowest BCUT2D eigenvalue weighted by Crippen LogP contribution is -2.72. The molecule has 1 aliphatic heterocycles. The van der Waals surface area contributed by atoms with Crippen LogP contribution in [0.15, 0.2) is 0 Å². The van der Waals surface area contributed by atoms with Crippen LogP contribution < -0.4 is 0 Å². The summed E-state index contributed by atoms with van der Waals surface area (Å²) in [5.41, 5.74) is -8.35. The van der Waals surface area contributed by atoms with Crippen LogP contribution in [0.1, 0.15) is 76.2 Å². The number of rotatable bonds is 5. The molecule has 1 N–H and O–H groups in total. The van der Waals surface area contributed by atoms with E-state index in [1.807, 2.05) is 0 Å². The van der Waals surface area contributed by atoms with Gasteiger partial charge in [-0.1, -0.05) is 15.9 Å². The third-order valence-electron chi connectivity index (χ3n) is 4.05. The molecule has 3 atom stereocenters. The molecule has 1 saturated heterocycles. The van der Waals surface area contributed by atoms with Crippen molar-refractivity contribution in [2.24, 2.45) is 0 Å². The van der Waals surface area contributed by atoms with Crippen LogP contribution in [0, 0.1) is 0 Å². The molecule has 0 aromatic heterocycles. The van der Waals surface area contributed by atoms with E-state index in [0.29, 0.717) is 0 Å². The van der Waals surface area contributed by atoms with E-state index in [4.69, 9.17) is 23.7 Å². The second-order valence-corrected chi connectivity index (χ2v) is 11.8. The van der Waals surface area contributed by atoms with Gasteiger partial charge in [-0.2, -0.15) is 0 Å². The van der Waals surface area contributed by atoms with Crippen molar-refractivity contribution in [1.82, 2.24) is 0 Å². The van der Waals surface area contributed by atoms with Gasteiger partial charge in [0.1, 0.15) is 16.8 Å². The van der Waals surface area contributed by atoms with Gasteiger partial charge in [-0.25, -0.2) is 14.4 Å². The van der Waals surface area contributed by atoms with Crippen molar-refractivity contribution in [2.75, 3.05) is 5.33 Å². The first kappa shape index (κ1) is 28.8. The number of halogens is 1. The molecule has 1 aliphatic rings. The largest absolute Gasteiger partial charge is 0.458 e. The van der Waals surface area contributed by atoms with Crippen molar-refractivity contribution >= 4 is 33.8 Å². The van der Waals surface area contributed by atoms with E-state index < -0.39 is 63.1 Å².